The molecule has 0 aliphatic rings. The van der Waals surface area contributed by atoms with Crippen molar-refractivity contribution < 1.29 is 12.8 Å². The summed E-state index contributed by atoms with van der Waals surface area (Å²) in [6.45, 7) is 0. The van der Waals surface area contributed by atoms with Crippen LogP contribution in [0.25, 0.3) is 0 Å². The van der Waals surface area contributed by atoms with Gasteiger partial charge in [-0.05, 0) is 36.1 Å². The fraction of sp³-hybridized carbons (Fsp3) is 0.133. The summed E-state index contributed by atoms with van der Waals surface area (Å²) in [6.07, 6.45) is 3.57. The average molecular weight is 292 g/mol. The first-order valence-corrected chi connectivity index (χ1v) is 7.98. The van der Waals surface area contributed by atoms with Crippen LogP contribution < -0.4 is 4.72 Å². The van der Waals surface area contributed by atoms with E-state index in [0.717, 1.165) is 11.8 Å². The summed E-state index contributed by atoms with van der Waals surface area (Å²) in [5.74, 6) is -0.586. The topological polar surface area (TPSA) is 46.2 Å². The van der Waals surface area contributed by atoms with Crippen LogP contribution in [0.3, 0.4) is 0 Å². The second kappa shape index (κ2) is 6.05. The van der Waals surface area contributed by atoms with Crippen molar-refractivity contribution in [2.45, 2.75) is 6.42 Å². The molecule has 0 aliphatic heterocycles. The van der Waals surface area contributed by atoms with E-state index >= 15 is 0 Å². The van der Waals surface area contributed by atoms with Crippen LogP contribution in [0.15, 0.2) is 48.5 Å². The van der Waals surface area contributed by atoms with Gasteiger partial charge in [0, 0.05) is 0 Å². The number of hydrogen-bond acceptors (Lipinski definition) is 2. The Hall–Kier alpha value is -1.88. The van der Waals surface area contributed by atoms with Crippen LogP contribution in [0.5, 0.6) is 0 Å². The van der Waals surface area contributed by atoms with Crippen molar-refractivity contribution in [3.05, 3.63) is 71.9 Å². The lowest BCUT2D eigenvalue weighted by Crippen LogP contribution is -2.11. The van der Waals surface area contributed by atoms with Crippen molar-refractivity contribution in [1.82, 2.24) is 0 Å². The second-order valence-corrected chi connectivity index (χ2v) is 6.26. The lowest BCUT2D eigenvalue weighted by atomic mass is 10.0. The molecular formula is C15H15FNO2S. The van der Waals surface area contributed by atoms with Gasteiger partial charge in [-0.2, -0.15) is 0 Å². The normalized spacial score (nSPS) is 11.3. The Morgan fingerprint density at radius 3 is 2.45 bits per heavy atom. The maximum atomic E-state index is 13.8. The predicted molar refractivity (Wildman–Crippen MR) is 78.4 cm³/mol. The number of benzene rings is 2. The predicted octanol–water partition coefficient (Wildman–Crippen LogP) is 2.99. The molecule has 0 aromatic heterocycles. The van der Waals surface area contributed by atoms with Crippen LogP contribution in [-0.4, -0.2) is 14.7 Å². The van der Waals surface area contributed by atoms with E-state index < -0.39 is 15.8 Å². The number of rotatable bonds is 5. The van der Waals surface area contributed by atoms with Gasteiger partial charge in [0.1, 0.15) is 5.82 Å². The number of halogens is 1. The first kappa shape index (κ1) is 14.5. The molecule has 0 saturated heterocycles. The third kappa shape index (κ3) is 4.35. The molecule has 3 nitrogen and oxygen atoms in total. The van der Waals surface area contributed by atoms with Crippen LogP contribution in [0.2, 0.25) is 0 Å². The van der Waals surface area contributed by atoms with E-state index in [1.807, 2.05) is 36.8 Å². The molecule has 0 heterocycles. The van der Waals surface area contributed by atoms with Gasteiger partial charge < -0.3 is 0 Å². The fourth-order valence-electron chi connectivity index (χ4n) is 1.79. The molecule has 0 fully saturated rings. The fourth-order valence-corrected chi connectivity index (χ4v) is 2.36. The van der Waals surface area contributed by atoms with Gasteiger partial charge in [-0.15, -0.1) is 0 Å². The lowest BCUT2D eigenvalue weighted by Gasteiger charge is -2.07. The molecule has 0 saturated carbocycles. The van der Waals surface area contributed by atoms with Crippen LogP contribution in [-0.2, 0) is 16.4 Å². The molecule has 0 atom stereocenters. The molecule has 0 spiro atoms. The van der Waals surface area contributed by atoms with E-state index in [1.54, 1.807) is 6.07 Å². The zero-order valence-electron chi connectivity index (χ0n) is 11.0. The first-order chi connectivity index (χ1) is 9.44. The van der Waals surface area contributed by atoms with Crippen LogP contribution in [0.1, 0.15) is 11.1 Å². The Morgan fingerprint density at radius 2 is 1.85 bits per heavy atom. The van der Waals surface area contributed by atoms with Crippen molar-refractivity contribution >= 4 is 15.7 Å². The van der Waals surface area contributed by atoms with Crippen molar-refractivity contribution in [2.24, 2.45) is 0 Å². The minimum atomic E-state index is -3.47. The molecular weight excluding hydrogens is 277 g/mol. The van der Waals surface area contributed by atoms with Crippen LogP contribution in [0, 0.1) is 12.2 Å². The Bertz CT molecular complexity index is 684. The molecule has 1 N–H and O–H groups in total. The highest BCUT2D eigenvalue weighted by Gasteiger charge is 2.08. The standard InChI is InChI=1S/C15H15FNO2S/c1-20(18,19)17-15-10-9-13(11-14(15)16)8-7-12-5-3-2-4-6-12/h2-6,8-11,17H,7H2,1H3. The third-order valence-electron chi connectivity index (χ3n) is 2.70. The molecule has 0 amide bonds. The van der Waals surface area contributed by atoms with Gasteiger partial charge in [0.25, 0.3) is 0 Å². The summed E-state index contributed by atoms with van der Waals surface area (Å²) >= 11 is 0. The summed E-state index contributed by atoms with van der Waals surface area (Å²) in [7, 11) is -3.47. The van der Waals surface area contributed by atoms with E-state index in [4.69, 9.17) is 0 Å². The molecule has 5 heteroatoms. The summed E-state index contributed by atoms with van der Waals surface area (Å²) in [4.78, 5) is 0. The minimum absolute atomic E-state index is 0.0376. The Labute approximate surface area is 118 Å². The van der Waals surface area contributed by atoms with Gasteiger partial charge >= 0.3 is 0 Å². The molecule has 20 heavy (non-hydrogen) atoms. The van der Waals surface area contributed by atoms with Gasteiger partial charge in [0.05, 0.1) is 11.9 Å². The van der Waals surface area contributed by atoms with E-state index in [9.17, 15) is 12.8 Å². The smallest absolute Gasteiger partial charge is 0.229 e. The van der Waals surface area contributed by atoms with E-state index in [2.05, 4.69) is 4.72 Å². The number of hydrogen-bond donors (Lipinski definition) is 1. The maximum Gasteiger partial charge on any atom is 0.229 e. The van der Waals surface area contributed by atoms with Crippen molar-refractivity contribution in [1.29, 1.82) is 0 Å². The molecule has 0 unspecified atom stereocenters. The van der Waals surface area contributed by atoms with E-state index in [0.29, 0.717) is 12.0 Å². The highest BCUT2D eigenvalue weighted by atomic mass is 32.2. The summed E-state index contributed by atoms with van der Waals surface area (Å²) in [6, 6.07) is 14.2. The van der Waals surface area contributed by atoms with Crippen molar-refractivity contribution in [3.63, 3.8) is 0 Å². The summed E-state index contributed by atoms with van der Waals surface area (Å²) < 4.78 is 38.0. The molecule has 0 bridgehead atoms. The second-order valence-electron chi connectivity index (χ2n) is 4.51. The van der Waals surface area contributed by atoms with E-state index in [1.165, 1.54) is 12.1 Å². The number of nitrogens with one attached hydrogen (secondary N) is 1. The molecule has 1 radical (unpaired) electrons. The Balaban J connectivity index is 2.06. The Morgan fingerprint density at radius 1 is 1.15 bits per heavy atom. The summed E-state index contributed by atoms with van der Waals surface area (Å²) in [5.41, 5.74) is 1.81. The largest absolute Gasteiger partial charge is 0.281 e. The van der Waals surface area contributed by atoms with Gasteiger partial charge in [0.15, 0.2) is 0 Å². The van der Waals surface area contributed by atoms with Crippen molar-refractivity contribution in [2.75, 3.05) is 11.0 Å². The molecule has 0 aliphatic carbocycles. The van der Waals surface area contributed by atoms with Gasteiger partial charge in [-0.25, -0.2) is 12.8 Å². The summed E-state index contributed by atoms with van der Waals surface area (Å²) in [5, 5.41) is 0. The highest BCUT2D eigenvalue weighted by Crippen LogP contribution is 2.19. The first-order valence-electron chi connectivity index (χ1n) is 6.08. The van der Waals surface area contributed by atoms with E-state index in [-0.39, 0.29) is 5.69 Å². The molecule has 2 rings (SSSR count). The average Bonchev–Trinajstić information content (AvgIpc) is 2.39. The zero-order chi connectivity index (χ0) is 14.6. The number of sulfonamides is 1. The van der Waals surface area contributed by atoms with Crippen LogP contribution >= 0.6 is 0 Å². The third-order valence-corrected chi connectivity index (χ3v) is 3.30. The monoisotopic (exact) mass is 292 g/mol. The lowest BCUT2D eigenvalue weighted by molar-refractivity contribution is 0.603. The van der Waals surface area contributed by atoms with Gasteiger partial charge in [-0.1, -0.05) is 36.4 Å². The zero-order valence-corrected chi connectivity index (χ0v) is 11.8. The van der Waals surface area contributed by atoms with Crippen LogP contribution in [0.4, 0.5) is 10.1 Å². The number of anilines is 1. The molecule has 105 valence electrons. The Kier molecular flexibility index (Phi) is 4.39. The molecule has 2 aromatic rings. The quantitative estimate of drug-likeness (QED) is 0.921. The van der Waals surface area contributed by atoms with Gasteiger partial charge in [0.2, 0.25) is 10.0 Å². The van der Waals surface area contributed by atoms with Crippen molar-refractivity contribution in [3.8, 4) is 0 Å². The van der Waals surface area contributed by atoms with Gasteiger partial charge in [-0.3, -0.25) is 4.72 Å². The maximum absolute atomic E-state index is 13.8. The SMILES string of the molecule is CS(=O)(=O)Nc1ccc([CH]Cc2ccccc2)cc1F. The highest BCUT2D eigenvalue weighted by molar-refractivity contribution is 7.92. The minimum Gasteiger partial charge on any atom is -0.281 e. The molecule has 2 aromatic carbocycles.